The molecule has 2 aromatic heterocycles. The molecule has 5 nitrogen and oxygen atoms in total. The number of anilines is 4. The number of benzene rings is 6. The molecule has 0 aliphatic carbocycles. The van der Waals surface area contributed by atoms with Crippen molar-refractivity contribution in [1.29, 1.82) is 0 Å². The predicted octanol–water partition coefficient (Wildman–Crippen LogP) is 16.9. The molecule has 0 radical (unpaired) electrons. The first kappa shape index (κ1) is 42.9. The molecule has 1 aliphatic heterocycles. The van der Waals surface area contributed by atoms with Crippen LogP contribution in [0.25, 0.3) is 38.8 Å². The number of pyridine rings is 1. The highest BCUT2D eigenvalue weighted by Crippen LogP contribution is 2.48. The molecule has 3 heterocycles. The molecular formula is C59H64N4O. The lowest BCUT2D eigenvalue weighted by molar-refractivity contribution is 0.483. The van der Waals surface area contributed by atoms with Crippen LogP contribution in [0.15, 0.2) is 140 Å². The minimum Gasteiger partial charge on any atom is -0.457 e. The quantitative estimate of drug-likeness (QED) is 0.145. The molecular weight excluding hydrogens is 781 g/mol. The number of fused-ring (bicyclic) bond motifs is 4. The molecule has 1 aliphatic rings. The summed E-state index contributed by atoms with van der Waals surface area (Å²) in [5.41, 5.74) is 16.0. The van der Waals surface area contributed by atoms with Crippen LogP contribution < -0.4 is 14.5 Å². The van der Waals surface area contributed by atoms with E-state index in [0.29, 0.717) is 24.4 Å². The normalized spacial score (nSPS) is 13.3. The van der Waals surface area contributed by atoms with Crippen molar-refractivity contribution in [3.8, 4) is 28.4 Å². The molecule has 0 N–H and O–H groups in total. The van der Waals surface area contributed by atoms with Crippen LogP contribution in [0.3, 0.4) is 0 Å². The Kier molecular flexibility index (Phi) is 11.0. The monoisotopic (exact) mass is 845 g/mol. The Labute approximate surface area is 381 Å². The van der Waals surface area contributed by atoms with Crippen molar-refractivity contribution in [3.63, 3.8) is 0 Å². The number of nitrogens with zero attached hydrogens (tertiary/aromatic N) is 4. The molecule has 0 spiro atoms. The van der Waals surface area contributed by atoms with Gasteiger partial charge < -0.3 is 14.5 Å². The average Bonchev–Trinajstić information content (AvgIpc) is 3.81. The topological polar surface area (TPSA) is 33.5 Å². The van der Waals surface area contributed by atoms with E-state index in [-0.39, 0.29) is 10.8 Å². The lowest BCUT2D eigenvalue weighted by Gasteiger charge is -2.27. The Hall–Kier alpha value is -6.33. The van der Waals surface area contributed by atoms with Gasteiger partial charge in [0.25, 0.3) is 0 Å². The van der Waals surface area contributed by atoms with Gasteiger partial charge >= 0.3 is 0 Å². The van der Waals surface area contributed by atoms with E-state index in [9.17, 15) is 0 Å². The van der Waals surface area contributed by atoms with Gasteiger partial charge in [-0.15, -0.1) is 0 Å². The number of aromatic nitrogens is 2. The van der Waals surface area contributed by atoms with E-state index in [1.54, 1.807) is 0 Å². The number of rotatable bonds is 9. The van der Waals surface area contributed by atoms with Crippen molar-refractivity contribution in [2.75, 3.05) is 16.5 Å². The fraction of sp³-hybridized carbons (Fsp3) is 0.305. The van der Waals surface area contributed by atoms with Crippen LogP contribution in [-0.4, -0.2) is 16.2 Å². The van der Waals surface area contributed by atoms with Gasteiger partial charge in [-0.3, -0.25) is 4.57 Å². The molecule has 64 heavy (non-hydrogen) atoms. The van der Waals surface area contributed by atoms with Gasteiger partial charge in [-0.2, -0.15) is 0 Å². The van der Waals surface area contributed by atoms with Crippen LogP contribution in [0, 0.1) is 0 Å². The van der Waals surface area contributed by atoms with E-state index in [1.807, 2.05) is 6.20 Å². The van der Waals surface area contributed by atoms with Crippen molar-refractivity contribution >= 4 is 44.6 Å². The van der Waals surface area contributed by atoms with E-state index in [4.69, 9.17) is 9.72 Å². The highest BCUT2D eigenvalue weighted by atomic mass is 16.5. The Bertz CT molecular complexity index is 3000. The summed E-state index contributed by atoms with van der Waals surface area (Å²) in [6, 6.07) is 49.2. The maximum Gasteiger partial charge on any atom is 0.137 e. The molecule has 0 atom stereocenters. The predicted molar refractivity (Wildman–Crippen MR) is 272 cm³/mol. The maximum atomic E-state index is 7.16. The standard InChI is InChI=1S/C59H64N4O/c1-37(2)40-30-50(38(3)4)57(51(31-40)39(5)6)41-28-45(62-36-61(53-22-15-16-23-54(53)62)44-19-17-18-42(32-44)58(7,8)9)34-47(29-41)64-46-24-25-49-48-20-13-14-21-52(48)63(55(49)35-46)56-33-43(26-27-60-56)59(10,11)12/h13-35,37-39H,36H2,1-12H3. The second-order valence-corrected chi connectivity index (χ2v) is 20.8. The highest BCUT2D eigenvalue weighted by Gasteiger charge is 2.30. The number of hydrogen-bond acceptors (Lipinski definition) is 4. The van der Waals surface area contributed by atoms with Crippen molar-refractivity contribution in [2.45, 2.75) is 112 Å². The van der Waals surface area contributed by atoms with E-state index in [1.165, 1.54) is 61.4 Å². The molecule has 326 valence electrons. The number of para-hydroxylation sites is 3. The zero-order valence-electron chi connectivity index (χ0n) is 39.9. The third-order valence-corrected chi connectivity index (χ3v) is 13.1. The maximum absolute atomic E-state index is 7.16. The first-order valence-electron chi connectivity index (χ1n) is 23.2. The highest BCUT2D eigenvalue weighted by molar-refractivity contribution is 6.09. The fourth-order valence-electron chi connectivity index (χ4n) is 9.43. The van der Waals surface area contributed by atoms with Crippen LogP contribution in [0.5, 0.6) is 11.5 Å². The number of hydrogen-bond donors (Lipinski definition) is 0. The Morgan fingerprint density at radius 3 is 1.80 bits per heavy atom. The molecule has 6 aromatic carbocycles. The molecule has 0 unspecified atom stereocenters. The van der Waals surface area contributed by atoms with Crippen LogP contribution >= 0.6 is 0 Å². The van der Waals surface area contributed by atoms with Crippen LogP contribution in [0.1, 0.15) is 129 Å². The van der Waals surface area contributed by atoms with Gasteiger partial charge in [0.2, 0.25) is 0 Å². The van der Waals surface area contributed by atoms with E-state index in [2.05, 4.69) is 231 Å². The molecule has 0 saturated carbocycles. The summed E-state index contributed by atoms with van der Waals surface area (Å²) < 4.78 is 9.45. The second-order valence-electron chi connectivity index (χ2n) is 20.8. The van der Waals surface area contributed by atoms with Crippen molar-refractivity contribution in [1.82, 2.24) is 9.55 Å². The smallest absolute Gasteiger partial charge is 0.137 e. The summed E-state index contributed by atoms with van der Waals surface area (Å²) in [5.74, 6) is 3.55. The summed E-state index contributed by atoms with van der Waals surface area (Å²) in [6.07, 6.45) is 1.94. The Balaban J connectivity index is 1.23. The van der Waals surface area contributed by atoms with Crippen molar-refractivity contribution in [2.24, 2.45) is 0 Å². The minimum absolute atomic E-state index is 0.0171. The minimum atomic E-state index is -0.0171. The number of ether oxygens (including phenoxy) is 1. The van der Waals surface area contributed by atoms with Gasteiger partial charge in [0.05, 0.1) is 22.4 Å². The van der Waals surface area contributed by atoms with E-state index < -0.39 is 0 Å². The zero-order chi connectivity index (χ0) is 45.2. The lowest BCUT2D eigenvalue weighted by Crippen LogP contribution is -2.24. The fourth-order valence-corrected chi connectivity index (χ4v) is 9.43. The summed E-state index contributed by atoms with van der Waals surface area (Å²) in [4.78, 5) is 9.85. The van der Waals surface area contributed by atoms with E-state index in [0.717, 1.165) is 39.4 Å². The zero-order valence-corrected chi connectivity index (χ0v) is 39.9. The summed E-state index contributed by atoms with van der Waals surface area (Å²) in [5, 5.41) is 2.35. The van der Waals surface area contributed by atoms with Gasteiger partial charge in [0, 0.05) is 40.5 Å². The van der Waals surface area contributed by atoms with E-state index >= 15 is 0 Å². The average molecular weight is 845 g/mol. The van der Waals surface area contributed by atoms with Crippen LogP contribution in [-0.2, 0) is 10.8 Å². The molecule has 8 aromatic rings. The third-order valence-electron chi connectivity index (χ3n) is 13.1. The Morgan fingerprint density at radius 1 is 0.516 bits per heavy atom. The van der Waals surface area contributed by atoms with Gasteiger partial charge in [-0.1, -0.05) is 138 Å². The SMILES string of the molecule is CC(C)c1cc(C(C)C)c(-c2cc(Oc3ccc4c5ccccc5n(-c5cc(C(C)(C)C)ccn5)c4c3)cc(N3CN(c4cccc(C(C)(C)C)c4)c4ccccc43)c2)c(C(C)C)c1. The molecule has 0 saturated heterocycles. The lowest BCUT2D eigenvalue weighted by atomic mass is 9.81. The second kappa shape index (κ2) is 16.3. The van der Waals surface area contributed by atoms with Gasteiger partial charge in [-0.25, -0.2) is 4.98 Å². The van der Waals surface area contributed by atoms with Crippen molar-refractivity contribution in [3.05, 3.63) is 167 Å². The van der Waals surface area contributed by atoms with Gasteiger partial charge in [-0.05, 0) is 134 Å². The van der Waals surface area contributed by atoms with Crippen LogP contribution in [0.2, 0.25) is 0 Å². The van der Waals surface area contributed by atoms with Crippen LogP contribution in [0.4, 0.5) is 22.7 Å². The third kappa shape index (κ3) is 7.95. The Morgan fingerprint density at radius 2 is 1.14 bits per heavy atom. The summed E-state index contributed by atoms with van der Waals surface area (Å²) in [7, 11) is 0. The van der Waals surface area contributed by atoms with Gasteiger partial charge in [0.15, 0.2) is 0 Å². The first-order chi connectivity index (χ1) is 30.5. The largest absolute Gasteiger partial charge is 0.457 e. The molecule has 0 amide bonds. The molecule has 5 heteroatoms. The van der Waals surface area contributed by atoms with Gasteiger partial charge in [0.1, 0.15) is 24.0 Å². The molecule has 0 bridgehead atoms. The van der Waals surface area contributed by atoms with Crippen molar-refractivity contribution < 1.29 is 4.74 Å². The molecule has 9 rings (SSSR count). The first-order valence-corrected chi connectivity index (χ1v) is 23.2. The summed E-state index contributed by atoms with van der Waals surface area (Å²) >= 11 is 0. The summed E-state index contributed by atoms with van der Waals surface area (Å²) in [6.45, 7) is 28.2. The molecule has 0 fully saturated rings.